The minimum Gasteiger partial charge on any atom is -0.464 e. The Labute approximate surface area is 188 Å². The van der Waals surface area contributed by atoms with Gasteiger partial charge in [-0.25, -0.2) is 9.59 Å². The third-order valence-electron chi connectivity index (χ3n) is 4.37. The summed E-state index contributed by atoms with van der Waals surface area (Å²) in [5, 5.41) is 17.6. The fourth-order valence-electron chi connectivity index (χ4n) is 2.83. The van der Waals surface area contributed by atoms with E-state index in [0.717, 1.165) is 11.8 Å². The molecule has 0 bridgehead atoms. The van der Waals surface area contributed by atoms with Gasteiger partial charge in [-0.1, -0.05) is 6.92 Å². The molecule has 0 aromatic rings. The number of rotatable bonds is 15. The summed E-state index contributed by atoms with van der Waals surface area (Å²) in [4.78, 5) is 66.5. The SMILES string of the molecule is C[C@H](CSC(=O)OCCCO[N+](=O)[O-])C(=O)N1CCC[C@H]1C(=O)OCCCCO[N+](=O)[O-]. The Kier molecular flexibility index (Phi) is 12.8. The van der Waals surface area contributed by atoms with E-state index in [2.05, 4.69) is 9.68 Å². The molecule has 14 nitrogen and oxygen atoms in total. The third-order valence-corrected chi connectivity index (χ3v) is 5.39. The monoisotopic (exact) mass is 481 g/mol. The number of unbranched alkanes of at least 4 members (excludes halogenated alkanes) is 1. The molecule has 0 aromatic carbocycles. The summed E-state index contributed by atoms with van der Waals surface area (Å²) >= 11 is 0.810. The van der Waals surface area contributed by atoms with Gasteiger partial charge in [0.05, 0.1) is 26.4 Å². The van der Waals surface area contributed by atoms with Crippen molar-refractivity contribution >= 4 is 28.9 Å². The summed E-state index contributed by atoms with van der Waals surface area (Å²) in [5.74, 6) is -1.19. The second-order valence-corrected chi connectivity index (χ2v) is 7.80. The molecule has 0 saturated carbocycles. The number of likely N-dealkylation sites (tertiary alicyclic amines) is 1. The molecule has 1 fully saturated rings. The van der Waals surface area contributed by atoms with Crippen molar-refractivity contribution in [3.63, 3.8) is 0 Å². The zero-order valence-electron chi connectivity index (χ0n) is 17.7. The molecule has 0 unspecified atom stereocenters. The molecule has 1 heterocycles. The molecule has 0 spiro atoms. The molecular formula is C17H27N3O11S. The van der Waals surface area contributed by atoms with Gasteiger partial charge in [0, 0.05) is 24.6 Å². The smallest absolute Gasteiger partial charge is 0.367 e. The lowest BCUT2D eigenvalue weighted by molar-refractivity contribution is -0.757. The van der Waals surface area contributed by atoms with Crippen LogP contribution in [-0.4, -0.2) is 77.0 Å². The number of carbonyl (C=O) groups excluding carboxylic acids is 3. The number of esters is 1. The number of hydrogen-bond acceptors (Lipinski definition) is 12. The van der Waals surface area contributed by atoms with Gasteiger partial charge < -0.3 is 24.0 Å². The van der Waals surface area contributed by atoms with E-state index in [1.54, 1.807) is 6.92 Å². The van der Waals surface area contributed by atoms with Crippen molar-refractivity contribution in [1.29, 1.82) is 0 Å². The Morgan fingerprint density at radius 3 is 2.25 bits per heavy atom. The molecule has 1 aliphatic heterocycles. The van der Waals surface area contributed by atoms with Crippen LogP contribution in [0.5, 0.6) is 0 Å². The lowest BCUT2D eigenvalue weighted by Crippen LogP contribution is -2.44. The summed E-state index contributed by atoms with van der Waals surface area (Å²) in [6.07, 6.45) is 2.05. The zero-order valence-corrected chi connectivity index (χ0v) is 18.5. The van der Waals surface area contributed by atoms with E-state index in [9.17, 15) is 34.6 Å². The summed E-state index contributed by atoms with van der Waals surface area (Å²) in [6, 6.07) is -0.696. The van der Waals surface area contributed by atoms with Crippen LogP contribution in [0.25, 0.3) is 0 Å². The van der Waals surface area contributed by atoms with Crippen molar-refractivity contribution in [1.82, 2.24) is 4.90 Å². The average Bonchev–Trinajstić information content (AvgIpc) is 3.23. The van der Waals surface area contributed by atoms with Gasteiger partial charge in [-0.15, -0.1) is 20.2 Å². The first-order valence-electron chi connectivity index (χ1n) is 10.0. The summed E-state index contributed by atoms with van der Waals surface area (Å²) < 4.78 is 10.1. The number of thioether (sulfide) groups is 1. The molecule has 1 rings (SSSR count). The number of amides is 1. The second-order valence-electron chi connectivity index (χ2n) is 6.84. The largest absolute Gasteiger partial charge is 0.464 e. The van der Waals surface area contributed by atoms with E-state index < -0.39 is 33.4 Å². The molecule has 1 saturated heterocycles. The first-order valence-corrected chi connectivity index (χ1v) is 11.0. The minimum atomic E-state index is -0.931. The normalized spacial score (nSPS) is 16.2. The molecule has 32 heavy (non-hydrogen) atoms. The molecule has 1 amide bonds. The van der Waals surface area contributed by atoms with Crippen LogP contribution in [0.2, 0.25) is 0 Å². The fraction of sp³-hybridized carbons (Fsp3) is 0.824. The van der Waals surface area contributed by atoms with Crippen LogP contribution in [0.3, 0.4) is 0 Å². The van der Waals surface area contributed by atoms with Gasteiger partial charge in [-0.05, 0) is 37.4 Å². The van der Waals surface area contributed by atoms with E-state index in [4.69, 9.17) is 9.47 Å². The Morgan fingerprint density at radius 2 is 1.59 bits per heavy atom. The number of hydrogen-bond donors (Lipinski definition) is 0. The van der Waals surface area contributed by atoms with Crippen LogP contribution in [0.15, 0.2) is 0 Å². The van der Waals surface area contributed by atoms with Crippen LogP contribution < -0.4 is 0 Å². The van der Waals surface area contributed by atoms with E-state index in [1.807, 2.05) is 0 Å². The average molecular weight is 481 g/mol. The Morgan fingerprint density at radius 1 is 1.00 bits per heavy atom. The lowest BCUT2D eigenvalue weighted by atomic mass is 10.1. The molecule has 0 aromatic heterocycles. The predicted octanol–water partition coefficient (Wildman–Crippen LogP) is 1.61. The molecule has 0 N–H and O–H groups in total. The van der Waals surface area contributed by atoms with Crippen LogP contribution in [0.1, 0.15) is 39.0 Å². The van der Waals surface area contributed by atoms with Crippen molar-refractivity contribution in [2.75, 3.05) is 38.7 Å². The van der Waals surface area contributed by atoms with E-state index >= 15 is 0 Å². The molecule has 2 atom stereocenters. The number of ether oxygens (including phenoxy) is 2. The van der Waals surface area contributed by atoms with E-state index in [1.165, 1.54) is 4.90 Å². The Bertz CT molecular complexity index is 664. The van der Waals surface area contributed by atoms with Gasteiger partial charge in [0.15, 0.2) is 0 Å². The summed E-state index contributed by atoms with van der Waals surface area (Å²) in [5.41, 5.74) is 0. The highest BCUT2D eigenvalue weighted by Crippen LogP contribution is 2.23. The van der Waals surface area contributed by atoms with Gasteiger partial charge in [-0.2, -0.15) is 0 Å². The highest BCUT2D eigenvalue weighted by atomic mass is 32.2. The summed E-state index contributed by atoms with van der Waals surface area (Å²) in [7, 11) is 0. The Balaban J connectivity index is 2.30. The maximum absolute atomic E-state index is 12.7. The predicted molar refractivity (Wildman–Crippen MR) is 108 cm³/mol. The van der Waals surface area contributed by atoms with E-state index in [0.29, 0.717) is 32.2 Å². The molecular weight excluding hydrogens is 454 g/mol. The van der Waals surface area contributed by atoms with Crippen molar-refractivity contribution < 1.29 is 43.7 Å². The van der Waals surface area contributed by atoms with Crippen LogP contribution >= 0.6 is 11.8 Å². The standard InChI is InChI=1S/C17H27N3O11S/c1-13(12-32-17(23)29-9-5-11-31-20(26)27)15(21)18-7-4-6-14(18)16(22)28-8-2-3-10-30-19(24)25/h13-14H,2-12H2,1H3/t13-,14+/m1/s1. The molecule has 15 heteroatoms. The fourth-order valence-corrected chi connectivity index (χ4v) is 3.53. The first kappa shape index (κ1) is 27.2. The highest BCUT2D eigenvalue weighted by Gasteiger charge is 2.37. The van der Waals surface area contributed by atoms with Gasteiger partial charge in [0.1, 0.15) is 6.04 Å². The molecule has 182 valence electrons. The number of nitrogens with zero attached hydrogens (tertiary/aromatic N) is 3. The van der Waals surface area contributed by atoms with Gasteiger partial charge in [0.25, 0.3) is 10.2 Å². The zero-order chi connectivity index (χ0) is 23.9. The van der Waals surface area contributed by atoms with Crippen molar-refractivity contribution in [2.45, 2.75) is 45.1 Å². The van der Waals surface area contributed by atoms with Crippen LogP contribution in [0.4, 0.5) is 4.79 Å². The third kappa shape index (κ3) is 11.0. The first-order chi connectivity index (χ1) is 15.2. The molecule has 1 aliphatic rings. The molecule has 0 aliphatic carbocycles. The second kappa shape index (κ2) is 15.0. The summed E-state index contributed by atoms with van der Waals surface area (Å²) in [6.45, 7) is 1.82. The van der Waals surface area contributed by atoms with Gasteiger partial charge >= 0.3 is 11.3 Å². The van der Waals surface area contributed by atoms with Crippen molar-refractivity contribution in [2.24, 2.45) is 5.92 Å². The maximum Gasteiger partial charge on any atom is 0.367 e. The van der Waals surface area contributed by atoms with Crippen LogP contribution in [0, 0.1) is 26.1 Å². The highest BCUT2D eigenvalue weighted by molar-refractivity contribution is 8.13. The Hall–Kier alpha value is -2.84. The van der Waals surface area contributed by atoms with Crippen molar-refractivity contribution in [3.8, 4) is 0 Å². The maximum atomic E-state index is 12.7. The van der Waals surface area contributed by atoms with Crippen LogP contribution in [-0.2, 0) is 28.7 Å². The lowest BCUT2D eigenvalue weighted by Gasteiger charge is -2.26. The van der Waals surface area contributed by atoms with E-state index in [-0.39, 0.29) is 44.5 Å². The van der Waals surface area contributed by atoms with Gasteiger partial charge in [-0.3, -0.25) is 4.79 Å². The topological polar surface area (TPSA) is 178 Å². The molecule has 0 radical (unpaired) electrons. The van der Waals surface area contributed by atoms with Gasteiger partial charge in [0.2, 0.25) is 5.91 Å². The minimum absolute atomic E-state index is 0.0415. The number of carbonyl (C=O) groups is 3. The quantitative estimate of drug-likeness (QED) is 0.143. The van der Waals surface area contributed by atoms with Crippen molar-refractivity contribution in [3.05, 3.63) is 20.2 Å².